The van der Waals surface area contributed by atoms with Crippen LogP contribution in [-0.2, 0) is 0 Å². The van der Waals surface area contributed by atoms with Crippen LogP contribution in [0.4, 0.5) is 0 Å². The second-order valence-corrected chi connectivity index (χ2v) is 5.52. The Bertz CT molecular complexity index is 155. The van der Waals surface area contributed by atoms with Crippen molar-refractivity contribution in [3.63, 3.8) is 0 Å². The first-order chi connectivity index (χ1) is 7.27. The molecule has 1 fully saturated rings. The van der Waals surface area contributed by atoms with Gasteiger partial charge in [-0.25, -0.2) is 0 Å². The second-order valence-electron chi connectivity index (χ2n) is 5.52. The van der Waals surface area contributed by atoms with Gasteiger partial charge in [0.2, 0.25) is 0 Å². The van der Waals surface area contributed by atoms with Gasteiger partial charge in [0.15, 0.2) is 0 Å². The van der Waals surface area contributed by atoms with Crippen molar-refractivity contribution < 1.29 is 0 Å². The van der Waals surface area contributed by atoms with Gasteiger partial charge in [0.25, 0.3) is 0 Å². The third-order valence-corrected chi connectivity index (χ3v) is 4.11. The molecular weight excluding hydrogens is 182 g/mol. The number of hydrogen-bond donors (Lipinski definition) is 1. The molecule has 2 N–H and O–H groups in total. The molecule has 1 nitrogen and oxygen atoms in total. The minimum Gasteiger partial charge on any atom is -0.330 e. The van der Waals surface area contributed by atoms with Gasteiger partial charge in [-0.3, -0.25) is 0 Å². The lowest BCUT2D eigenvalue weighted by molar-refractivity contribution is 0.257. The molecule has 1 heteroatoms. The molecule has 0 spiro atoms. The average molecular weight is 211 g/mol. The van der Waals surface area contributed by atoms with E-state index in [-0.39, 0.29) is 0 Å². The van der Waals surface area contributed by atoms with Crippen LogP contribution in [0.2, 0.25) is 0 Å². The summed E-state index contributed by atoms with van der Waals surface area (Å²) in [6.07, 6.45) is 11.3. The first-order valence-corrected chi connectivity index (χ1v) is 6.98. The van der Waals surface area contributed by atoms with Crippen LogP contribution in [0.5, 0.6) is 0 Å². The average Bonchev–Trinajstić information content (AvgIpc) is 2.43. The van der Waals surface area contributed by atoms with Crippen LogP contribution in [0.3, 0.4) is 0 Å². The highest BCUT2D eigenvalue weighted by Gasteiger charge is 2.23. The third-order valence-electron chi connectivity index (χ3n) is 4.11. The van der Waals surface area contributed by atoms with E-state index in [0.717, 1.165) is 24.3 Å². The zero-order valence-corrected chi connectivity index (χ0v) is 10.7. The Morgan fingerprint density at radius 3 is 2.40 bits per heavy atom. The largest absolute Gasteiger partial charge is 0.330 e. The van der Waals surface area contributed by atoms with Gasteiger partial charge < -0.3 is 5.73 Å². The van der Waals surface area contributed by atoms with Gasteiger partial charge in [0.1, 0.15) is 0 Å². The number of hydrogen-bond acceptors (Lipinski definition) is 1. The predicted molar refractivity (Wildman–Crippen MR) is 67.8 cm³/mol. The van der Waals surface area contributed by atoms with Crippen LogP contribution < -0.4 is 5.73 Å². The van der Waals surface area contributed by atoms with Gasteiger partial charge in [-0.1, -0.05) is 52.4 Å². The fourth-order valence-electron chi connectivity index (χ4n) is 3.21. The molecule has 1 rings (SSSR count). The van der Waals surface area contributed by atoms with Gasteiger partial charge in [-0.2, -0.15) is 0 Å². The minimum atomic E-state index is 0.826. The van der Waals surface area contributed by atoms with Gasteiger partial charge in [-0.15, -0.1) is 0 Å². The molecule has 0 aliphatic heterocycles. The fourth-order valence-corrected chi connectivity index (χ4v) is 3.21. The molecule has 0 aromatic carbocycles. The van der Waals surface area contributed by atoms with E-state index in [1.807, 2.05) is 0 Å². The standard InChI is InChI=1S/C14H29N/c1-3-7-12(2)10-13-8-5-4-6-9-14(13)11-15/h12-14H,3-11,15H2,1-2H3. The Hall–Kier alpha value is -0.0400. The lowest BCUT2D eigenvalue weighted by Crippen LogP contribution is -2.24. The van der Waals surface area contributed by atoms with Crippen molar-refractivity contribution in [2.75, 3.05) is 6.54 Å². The summed E-state index contributed by atoms with van der Waals surface area (Å²) in [5.41, 5.74) is 5.91. The summed E-state index contributed by atoms with van der Waals surface area (Å²) >= 11 is 0. The quantitative estimate of drug-likeness (QED) is 0.684. The van der Waals surface area contributed by atoms with Crippen LogP contribution >= 0.6 is 0 Å². The summed E-state index contributed by atoms with van der Waals surface area (Å²) in [4.78, 5) is 0. The molecule has 0 aromatic rings. The molecule has 15 heavy (non-hydrogen) atoms. The summed E-state index contributed by atoms with van der Waals surface area (Å²) in [5, 5.41) is 0. The Morgan fingerprint density at radius 1 is 1.13 bits per heavy atom. The lowest BCUT2D eigenvalue weighted by Gasteiger charge is -2.26. The van der Waals surface area contributed by atoms with Crippen LogP contribution in [-0.4, -0.2) is 6.54 Å². The van der Waals surface area contributed by atoms with Gasteiger partial charge in [0.05, 0.1) is 0 Å². The van der Waals surface area contributed by atoms with Crippen molar-refractivity contribution in [3.05, 3.63) is 0 Å². The summed E-state index contributed by atoms with van der Waals surface area (Å²) in [5.74, 6) is 2.66. The Kier molecular flexibility index (Phi) is 6.31. The summed E-state index contributed by atoms with van der Waals surface area (Å²) < 4.78 is 0. The Labute approximate surface area is 95.8 Å². The maximum atomic E-state index is 5.91. The van der Waals surface area contributed by atoms with Crippen molar-refractivity contribution in [2.24, 2.45) is 23.5 Å². The van der Waals surface area contributed by atoms with Gasteiger partial charge in [0, 0.05) is 0 Å². The SMILES string of the molecule is CCCC(C)CC1CCCCCC1CN. The van der Waals surface area contributed by atoms with E-state index in [1.54, 1.807) is 0 Å². The van der Waals surface area contributed by atoms with Crippen molar-refractivity contribution >= 4 is 0 Å². The smallest absolute Gasteiger partial charge is 0.00462 e. The number of nitrogens with two attached hydrogens (primary N) is 1. The number of rotatable bonds is 5. The molecule has 0 radical (unpaired) electrons. The molecule has 1 saturated carbocycles. The molecule has 0 aromatic heterocycles. The summed E-state index contributed by atoms with van der Waals surface area (Å²) in [6, 6.07) is 0. The second kappa shape index (κ2) is 7.27. The third kappa shape index (κ3) is 4.55. The van der Waals surface area contributed by atoms with Crippen LogP contribution in [0.1, 0.15) is 65.2 Å². The van der Waals surface area contributed by atoms with E-state index >= 15 is 0 Å². The van der Waals surface area contributed by atoms with Crippen LogP contribution in [0.15, 0.2) is 0 Å². The van der Waals surface area contributed by atoms with Crippen molar-refractivity contribution in [3.8, 4) is 0 Å². The van der Waals surface area contributed by atoms with Crippen molar-refractivity contribution in [1.82, 2.24) is 0 Å². The highest BCUT2D eigenvalue weighted by atomic mass is 14.6. The minimum absolute atomic E-state index is 0.826. The first-order valence-electron chi connectivity index (χ1n) is 6.98. The van der Waals surface area contributed by atoms with E-state index in [0.29, 0.717) is 0 Å². The molecule has 1 aliphatic carbocycles. The molecule has 3 unspecified atom stereocenters. The van der Waals surface area contributed by atoms with Gasteiger partial charge in [-0.05, 0) is 37.1 Å². The zero-order valence-electron chi connectivity index (χ0n) is 10.7. The normalized spacial score (nSPS) is 29.8. The van der Waals surface area contributed by atoms with Crippen molar-refractivity contribution in [2.45, 2.75) is 65.2 Å². The monoisotopic (exact) mass is 211 g/mol. The maximum absolute atomic E-state index is 5.91. The van der Waals surface area contributed by atoms with E-state index in [4.69, 9.17) is 5.73 Å². The Morgan fingerprint density at radius 2 is 1.80 bits per heavy atom. The Balaban J connectivity index is 2.40. The lowest BCUT2D eigenvalue weighted by atomic mass is 9.81. The molecular formula is C14H29N. The van der Waals surface area contributed by atoms with E-state index in [9.17, 15) is 0 Å². The highest BCUT2D eigenvalue weighted by molar-refractivity contribution is 4.76. The molecule has 0 bridgehead atoms. The van der Waals surface area contributed by atoms with Gasteiger partial charge >= 0.3 is 0 Å². The van der Waals surface area contributed by atoms with Crippen LogP contribution in [0.25, 0.3) is 0 Å². The first kappa shape index (κ1) is 13.0. The molecule has 1 aliphatic rings. The predicted octanol–water partition coefficient (Wildman–Crippen LogP) is 3.97. The van der Waals surface area contributed by atoms with E-state index in [2.05, 4.69) is 13.8 Å². The molecule has 90 valence electrons. The zero-order chi connectivity index (χ0) is 11.1. The van der Waals surface area contributed by atoms with Crippen molar-refractivity contribution in [1.29, 1.82) is 0 Å². The van der Waals surface area contributed by atoms with Crippen LogP contribution in [0, 0.1) is 17.8 Å². The molecule has 3 atom stereocenters. The molecule has 0 heterocycles. The highest BCUT2D eigenvalue weighted by Crippen LogP contribution is 2.33. The van der Waals surface area contributed by atoms with E-state index in [1.165, 1.54) is 51.4 Å². The summed E-state index contributed by atoms with van der Waals surface area (Å²) in [6.45, 7) is 5.63. The molecule has 0 amide bonds. The topological polar surface area (TPSA) is 26.0 Å². The summed E-state index contributed by atoms with van der Waals surface area (Å²) in [7, 11) is 0. The maximum Gasteiger partial charge on any atom is -0.00462 e. The van der Waals surface area contributed by atoms with E-state index < -0.39 is 0 Å². The fraction of sp³-hybridized carbons (Fsp3) is 1.00. The molecule has 0 saturated heterocycles.